The lowest BCUT2D eigenvalue weighted by atomic mass is 10.1. The van der Waals surface area contributed by atoms with Crippen molar-refractivity contribution in [3.8, 4) is 0 Å². The lowest BCUT2D eigenvalue weighted by Gasteiger charge is -2.02. The third kappa shape index (κ3) is 1.23. The summed E-state index contributed by atoms with van der Waals surface area (Å²) >= 11 is 3.24. The quantitative estimate of drug-likeness (QED) is 0.849. The monoisotopic (exact) mass is 253 g/mol. The fourth-order valence-electron chi connectivity index (χ4n) is 1.54. The fourth-order valence-corrected chi connectivity index (χ4v) is 2.06. The van der Waals surface area contributed by atoms with Crippen LogP contribution in [0.5, 0.6) is 0 Å². The number of fused-ring (bicyclic) bond motifs is 1. The number of halogens is 1. The summed E-state index contributed by atoms with van der Waals surface area (Å²) < 4.78 is 2.51. The minimum absolute atomic E-state index is 0.322. The molecule has 72 valence electrons. The minimum Gasteiger partial charge on any atom is -0.478 e. The van der Waals surface area contributed by atoms with E-state index in [4.69, 9.17) is 5.11 Å². The molecule has 0 saturated carbocycles. The maximum absolute atomic E-state index is 11.0. The molecule has 0 bridgehead atoms. The van der Waals surface area contributed by atoms with Crippen molar-refractivity contribution in [1.29, 1.82) is 0 Å². The van der Waals surface area contributed by atoms with Gasteiger partial charge in [-0.2, -0.15) is 0 Å². The predicted molar refractivity (Wildman–Crippen MR) is 57.6 cm³/mol. The molecule has 0 saturated heterocycles. The summed E-state index contributed by atoms with van der Waals surface area (Å²) in [4.78, 5) is 11.0. The lowest BCUT2D eigenvalue weighted by molar-refractivity contribution is 0.0698. The predicted octanol–water partition coefficient (Wildman–Crippen LogP) is 2.64. The number of hydrogen-bond donors (Lipinski definition) is 1. The molecule has 0 radical (unpaired) electrons. The molecule has 1 heterocycles. The standard InChI is InChI=1S/C10H8BrNO2/c1-12-5-4-6-8(12)3-2-7(11)9(6)10(13)14/h2-5H,1H3,(H,13,14). The average Bonchev–Trinajstić information content (AvgIpc) is 2.47. The number of carboxylic acid groups (broad SMARTS) is 1. The van der Waals surface area contributed by atoms with Gasteiger partial charge in [-0.15, -0.1) is 0 Å². The van der Waals surface area contributed by atoms with Crippen molar-refractivity contribution < 1.29 is 9.90 Å². The molecule has 2 rings (SSSR count). The van der Waals surface area contributed by atoms with Gasteiger partial charge in [-0.05, 0) is 34.1 Å². The number of aromatic nitrogens is 1. The molecule has 1 aromatic heterocycles. The van der Waals surface area contributed by atoms with Gasteiger partial charge in [0, 0.05) is 28.6 Å². The number of aromatic carboxylic acids is 1. The van der Waals surface area contributed by atoms with E-state index in [1.165, 1.54) is 0 Å². The summed E-state index contributed by atoms with van der Waals surface area (Å²) in [5.41, 5.74) is 1.24. The molecule has 0 amide bonds. The Bertz CT molecular complexity index is 516. The SMILES string of the molecule is Cn1ccc2c(C(=O)O)c(Br)ccc21. The second kappa shape index (κ2) is 3.13. The Labute approximate surface area is 89.1 Å². The number of benzene rings is 1. The summed E-state index contributed by atoms with van der Waals surface area (Å²) in [5.74, 6) is -0.909. The second-order valence-corrected chi connectivity index (χ2v) is 3.94. The molecule has 0 spiro atoms. The Hall–Kier alpha value is -1.29. The van der Waals surface area contributed by atoms with E-state index in [1.54, 1.807) is 6.07 Å². The first kappa shape index (κ1) is 9.27. The summed E-state index contributed by atoms with van der Waals surface area (Å²) in [5, 5.41) is 9.79. The Morgan fingerprint density at radius 3 is 2.79 bits per heavy atom. The highest BCUT2D eigenvalue weighted by Crippen LogP contribution is 2.26. The van der Waals surface area contributed by atoms with Crippen molar-refractivity contribution in [2.24, 2.45) is 7.05 Å². The molecular weight excluding hydrogens is 246 g/mol. The number of nitrogens with zero attached hydrogens (tertiary/aromatic N) is 1. The Balaban J connectivity index is 2.90. The third-order valence-corrected chi connectivity index (χ3v) is 2.89. The highest BCUT2D eigenvalue weighted by atomic mass is 79.9. The van der Waals surface area contributed by atoms with Gasteiger partial charge in [-0.3, -0.25) is 0 Å². The van der Waals surface area contributed by atoms with Gasteiger partial charge in [-0.25, -0.2) is 4.79 Å². The zero-order chi connectivity index (χ0) is 10.3. The number of hydrogen-bond acceptors (Lipinski definition) is 1. The van der Waals surface area contributed by atoms with E-state index in [-0.39, 0.29) is 0 Å². The van der Waals surface area contributed by atoms with Gasteiger partial charge in [0.25, 0.3) is 0 Å². The number of rotatable bonds is 1. The first-order valence-electron chi connectivity index (χ1n) is 4.08. The van der Waals surface area contributed by atoms with Crippen LogP contribution < -0.4 is 0 Å². The van der Waals surface area contributed by atoms with Gasteiger partial charge >= 0.3 is 5.97 Å². The molecule has 0 fully saturated rings. The van der Waals surface area contributed by atoms with Crippen molar-refractivity contribution in [3.63, 3.8) is 0 Å². The minimum atomic E-state index is -0.909. The van der Waals surface area contributed by atoms with Crippen molar-refractivity contribution in [2.45, 2.75) is 0 Å². The highest BCUT2D eigenvalue weighted by Gasteiger charge is 2.13. The molecule has 1 aromatic carbocycles. The van der Waals surface area contributed by atoms with Gasteiger partial charge in [-0.1, -0.05) is 0 Å². The van der Waals surface area contributed by atoms with Gasteiger partial charge in [0.1, 0.15) is 0 Å². The molecule has 3 nitrogen and oxygen atoms in total. The van der Waals surface area contributed by atoms with Crippen LogP contribution in [0.15, 0.2) is 28.9 Å². The molecule has 0 unspecified atom stereocenters. The topological polar surface area (TPSA) is 42.2 Å². The molecule has 2 aromatic rings. The average molecular weight is 254 g/mol. The number of carboxylic acids is 1. The Kier molecular flexibility index (Phi) is 2.07. The van der Waals surface area contributed by atoms with Gasteiger partial charge in [0.15, 0.2) is 0 Å². The highest BCUT2D eigenvalue weighted by molar-refractivity contribution is 9.10. The van der Waals surface area contributed by atoms with E-state index in [0.29, 0.717) is 10.0 Å². The van der Waals surface area contributed by atoms with Crippen LogP contribution in [-0.2, 0) is 7.05 Å². The molecule has 1 N–H and O–H groups in total. The molecule has 0 aliphatic carbocycles. The van der Waals surface area contributed by atoms with Crippen LogP contribution in [0.3, 0.4) is 0 Å². The third-order valence-electron chi connectivity index (χ3n) is 2.23. The number of aryl methyl sites for hydroxylation is 1. The van der Waals surface area contributed by atoms with Crippen LogP contribution in [0.25, 0.3) is 10.9 Å². The normalized spacial score (nSPS) is 10.7. The molecule has 0 atom stereocenters. The fraction of sp³-hybridized carbons (Fsp3) is 0.100. The zero-order valence-corrected chi connectivity index (χ0v) is 9.08. The van der Waals surface area contributed by atoms with Crippen LogP contribution in [0.4, 0.5) is 0 Å². The van der Waals surface area contributed by atoms with E-state index in [1.807, 2.05) is 29.9 Å². The smallest absolute Gasteiger partial charge is 0.337 e. The maximum atomic E-state index is 11.0. The summed E-state index contributed by atoms with van der Waals surface area (Å²) in [6, 6.07) is 5.46. The van der Waals surface area contributed by atoms with Crippen LogP contribution in [0.2, 0.25) is 0 Å². The van der Waals surface area contributed by atoms with E-state index in [0.717, 1.165) is 10.9 Å². The Morgan fingerprint density at radius 1 is 1.43 bits per heavy atom. The number of carbonyl (C=O) groups is 1. The molecular formula is C10H8BrNO2. The first-order chi connectivity index (χ1) is 6.61. The zero-order valence-electron chi connectivity index (χ0n) is 7.49. The van der Waals surface area contributed by atoms with Crippen LogP contribution in [0.1, 0.15) is 10.4 Å². The molecule has 0 aliphatic heterocycles. The largest absolute Gasteiger partial charge is 0.478 e. The van der Waals surface area contributed by atoms with E-state index in [9.17, 15) is 4.79 Å². The lowest BCUT2D eigenvalue weighted by Crippen LogP contribution is -1.98. The second-order valence-electron chi connectivity index (χ2n) is 3.09. The van der Waals surface area contributed by atoms with Crippen LogP contribution in [0, 0.1) is 0 Å². The Morgan fingerprint density at radius 2 is 2.14 bits per heavy atom. The summed E-state index contributed by atoms with van der Waals surface area (Å²) in [6.07, 6.45) is 1.85. The first-order valence-corrected chi connectivity index (χ1v) is 4.87. The van der Waals surface area contributed by atoms with Crippen LogP contribution in [-0.4, -0.2) is 15.6 Å². The molecule has 0 aliphatic rings. The molecule has 14 heavy (non-hydrogen) atoms. The van der Waals surface area contributed by atoms with Crippen LogP contribution >= 0.6 is 15.9 Å². The van der Waals surface area contributed by atoms with Gasteiger partial charge in [0.05, 0.1) is 5.56 Å². The van der Waals surface area contributed by atoms with E-state index in [2.05, 4.69) is 15.9 Å². The van der Waals surface area contributed by atoms with E-state index >= 15 is 0 Å². The van der Waals surface area contributed by atoms with Crippen molar-refractivity contribution >= 4 is 32.8 Å². The van der Waals surface area contributed by atoms with Crippen molar-refractivity contribution in [2.75, 3.05) is 0 Å². The van der Waals surface area contributed by atoms with Crippen molar-refractivity contribution in [3.05, 3.63) is 34.4 Å². The summed E-state index contributed by atoms with van der Waals surface area (Å²) in [6.45, 7) is 0. The summed E-state index contributed by atoms with van der Waals surface area (Å²) in [7, 11) is 1.89. The molecule has 4 heteroatoms. The maximum Gasteiger partial charge on any atom is 0.337 e. The van der Waals surface area contributed by atoms with Gasteiger partial charge < -0.3 is 9.67 Å². The van der Waals surface area contributed by atoms with Gasteiger partial charge in [0.2, 0.25) is 0 Å². The van der Waals surface area contributed by atoms with E-state index < -0.39 is 5.97 Å². The van der Waals surface area contributed by atoms with Crippen molar-refractivity contribution in [1.82, 2.24) is 4.57 Å².